The number of halogens is 1. The average Bonchev–Trinajstić information content (AvgIpc) is 2.43. The summed E-state index contributed by atoms with van der Waals surface area (Å²) in [5.41, 5.74) is 8.08. The van der Waals surface area contributed by atoms with Crippen LogP contribution in [0, 0.1) is 6.92 Å². The summed E-state index contributed by atoms with van der Waals surface area (Å²) in [7, 11) is 0. The minimum Gasteiger partial charge on any atom is -0.455 e. The zero-order chi connectivity index (χ0) is 14.5. The highest BCUT2D eigenvalue weighted by Crippen LogP contribution is 2.28. The van der Waals surface area contributed by atoms with Crippen LogP contribution in [0.15, 0.2) is 36.7 Å². The Labute approximate surface area is 124 Å². The lowest BCUT2D eigenvalue weighted by molar-refractivity contribution is 0.475. The number of nitrogens with zero attached hydrogens (tertiary/aromatic N) is 1. The third-order valence-corrected chi connectivity index (χ3v) is 3.41. The van der Waals surface area contributed by atoms with Crippen LogP contribution in [0.2, 0.25) is 5.02 Å². The average molecular weight is 291 g/mol. The monoisotopic (exact) mass is 290 g/mol. The van der Waals surface area contributed by atoms with E-state index >= 15 is 0 Å². The molecule has 1 unspecified atom stereocenters. The van der Waals surface area contributed by atoms with Crippen molar-refractivity contribution in [2.75, 3.05) is 0 Å². The van der Waals surface area contributed by atoms with Crippen LogP contribution in [0.5, 0.6) is 11.5 Å². The molecule has 1 heterocycles. The van der Waals surface area contributed by atoms with Gasteiger partial charge in [-0.05, 0) is 49.1 Å². The molecule has 0 amide bonds. The standard InChI is InChI=1S/C16H19ClN2O/c1-3-14(18)6-12-7-15(10-19-9-12)20-16-8-13(17)5-4-11(16)2/h4-5,7-10,14H,3,6,18H2,1-2H3. The molecule has 0 aliphatic rings. The predicted octanol–water partition coefficient (Wildman–Crippen LogP) is 4.12. The largest absolute Gasteiger partial charge is 0.455 e. The van der Waals surface area contributed by atoms with Gasteiger partial charge in [-0.3, -0.25) is 4.98 Å². The Morgan fingerprint density at radius 2 is 2.10 bits per heavy atom. The van der Waals surface area contributed by atoms with Crippen molar-refractivity contribution in [2.24, 2.45) is 5.73 Å². The van der Waals surface area contributed by atoms with Gasteiger partial charge in [-0.15, -0.1) is 0 Å². The van der Waals surface area contributed by atoms with Crippen LogP contribution in [0.3, 0.4) is 0 Å². The Kier molecular flexibility index (Phi) is 4.99. The molecule has 1 aromatic carbocycles. The lowest BCUT2D eigenvalue weighted by Gasteiger charge is -2.11. The van der Waals surface area contributed by atoms with Crippen LogP contribution >= 0.6 is 11.6 Å². The molecule has 20 heavy (non-hydrogen) atoms. The summed E-state index contributed by atoms with van der Waals surface area (Å²) < 4.78 is 5.86. The summed E-state index contributed by atoms with van der Waals surface area (Å²) in [6.45, 7) is 4.06. The second-order valence-electron chi connectivity index (χ2n) is 4.91. The maximum atomic E-state index is 5.99. The van der Waals surface area contributed by atoms with Gasteiger partial charge in [-0.25, -0.2) is 0 Å². The first-order chi connectivity index (χ1) is 9.58. The molecule has 2 N–H and O–H groups in total. The SMILES string of the molecule is CCC(N)Cc1cncc(Oc2cc(Cl)ccc2C)c1. The van der Waals surface area contributed by atoms with Crippen LogP contribution < -0.4 is 10.5 Å². The minimum absolute atomic E-state index is 0.153. The zero-order valence-electron chi connectivity index (χ0n) is 11.8. The number of pyridine rings is 1. The second kappa shape index (κ2) is 6.73. The molecule has 0 saturated carbocycles. The van der Waals surface area contributed by atoms with Gasteiger partial charge in [0.15, 0.2) is 0 Å². The van der Waals surface area contributed by atoms with E-state index in [2.05, 4.69) is 11.9 Å². The molecule has 0 radical (unpaired) electrons. The molecule has 4 heteroatoms. The Balaban J connectivity index is 2.17. The first kappa shape index (κ1) is 14.8. The molecule has 0 fully saturated rings. The van der Waals surface area contributed by atoms with Crippen molar-refractivity contribution in [1.82, 2.24) is 4.98 Å². The van der Waals surface area contributed by atoms with Gasteiger partial charge in [0.05, 0.1) is 6.20 Å². The number of rotatable bonds is 5. The molecule has 106 valence electrons. The van der Waals surface area contributed by atoms with Gasteiger partial charge in [0.2, 0.25) is 0 Å². The van der Waals surface area contributed by atoms with Gasteiger partial charge in [-0.2, -0.15) is 0 Å². The van der Waals surface area contributed by atoms with Crippen molar-refractivity contribution in [1.29, 1.82) is 0 Å². The molecule has 1 aromatic heterocycles. The molecule has 0 saturated heterocycles. The molecule has 2 rings (SSSR count). The first-order valence-corrected chi connectivity index (χ1v) is 7.09. The topological polar surface area (TPSA) is 48.1 Å². The number of hydrogen-bond acceptors (Lipinski definition) is 3. The van der Waals surface area contributed by atoms with Crippen molar-refractivity contribution < 1.29 is 4.74 Å². The predicted molar refractivity (Wildman–Crippen MR) is 82.5 cm³/mol. The van der Waals surface area contributed by atoms with Crippen LogP contribution in [-0.2, 0) is 6.42 Å². The number of benzene rings is 1. The van der Waals surface area contributed by atoms with E-state index in [9.17, 15) is 0 Å². The molecule has 2 aromatic rings. The number of ether oxygens (including phenoxy) is 1. The van der Waals surface area contributed by atoms with E-state index in [1.165, 1.54) is 0 Å². The molecule has 1 atom stereocenters. The van der Waals surface area contributed by atoms with Gasteiger partial charge in [-0.1, -0.05) is 24.6 Å². The summed E-state index contributed by atoms with van der Waals surface area (Å²) in [5, 5.41) is 0.655. The quantitative estimate of drug-likeness (QED) is 0.901. The van der Waals surface area contributed by atoms with Crippen LogP contribution in [-0.4, -0.2) is 11.0 Å². The van der Waals surface area contributed by atoms with Crippen molar-refractivity contribution in [2.45, 2.75) is 32.7 Å². The lowest BCUT2D eigenvalue weighted by Crippen LogP contribution is -2.21. The lowest BCUT2D eigenvalue weighted by atomic mass is 10.1. The fourth-order valence-electron chi connectivity index (χ4n) is 1.89. The summed E-state index contributed by atoms with van der Waals surface area (Å²) >= 11 is 5.99. The van der Waals surface area contributed by atoms with E-state index in [4.69, 9.17) is 22.1 Å². The summed E-state index contributed by atoms with van der Waals surface area (Å²) in [5.74, 6) is 1.45. The highest BCUT2D eigenvalue weighted by atomic mass is 35.5. The maximum Gasteiger partial charge on any atom is 0.145 e. The molecular formula is C16H19ClN2O. The molecule has 0 bridgehead atoms. The minimum atomic E-state index is 0.153. The summed E-state index contributed by atoms with van der Waals surface area (Å²) in [6.07, 6.45) is 5.27. The van der Waals surface area contributed by atoms with E-state index in [0.29, 0.717) is 10.8 Å². The smallest absolute Gasteiger partial charge is 0.145 e. The van der Waals surface area contributed by atoms with E-state index < -0.39 is 0 Å². The van der Waals surface area contributed by atoms with Gasteiger partial charge >= 0.3 is 0 Å². The fraction of sp³-hybridized carbons (Fsp3) is 0.312. The fourth-order valence-corrected chi connectivity index (χ4v) is 2.05. The number of hydrogen-bond donors (Lipinski definition) is 1. The molecule has 3 nitrogen and oxygen atoms in total. The van der Waals surface area contributed by atoms with Crippen molar-refractivity contribution in [3.63, 3.8) is 0 Å². The molecule has 0 aliphatic carbocycles. The maximum absolute atomic E-state index is 5.99. The molecule has 0 aliphatic heterocycles. The third-order valence-electron chi connectivity index (χ3n) is 3.17. The normalized spacial score (nSPS) is 12.2. The number of nitrogens with two attached hydrogens (primary N) is 1. The second-order valence-corrected chi connectivity index (χ2v) is 5.35. The number of aromatic nitrogens is 1. The van der Waals surface area contributed by atoms with Gasteiger partial charge in [0.25, 0.3) is 0 Å². The van der Waals surface area contributed by atoms with E-state index in [1.807, 2.05) is 31.3 Å². The van der Waals surface area contributed by atoms with Crippen LogP contribution in [0.25, 0.3) is 0 Å². The molecular weight excluding hydrogens is 272 g/mol. The third kappa shape index (κ3) is 3.95. The highest BCUT2D eigenvalue weighted by Gasteiger charge is 2.06. The summed E-state index contributed by atoms with van der Waals surface area (Å²) in [4.78, 5) is 4.21. The number of aryl methyl sites for hydroxylation is 1. The Hall–Kier alpha value is -1.58. The van der Waals surface area contributed by atoms with E-state index in [-0.39, 0.29) is 6.04 Å². The summed E-state index contributed by atoms with van der Waals surface area (Å²) in [6, 6.07) is 7.71. The Bertz CT molecular complexity index is 586. The zero-order valence-corrected chi connectivity index (χ0v) is 12.5. The van der Waals surface area contributed by atoms with Crippen molar-refractivity contribution in [3.8, 4) is 11.5 Å². The highest BCUT2D eigenvalue weighted by molar-refractivity contribution is 6.30. The van der Waals surface area contributed by atoms with Gasteiger partial charge in [0, 0.05) is 17.3 Å². The van der Waals surface area contributed by atoms with Crippen LogP contribution in [0.4, 0.5) is 0 Å². The Morgan fingerprint density at radius 3 is 2.85 bits per heavy atom. The van der Waals surface area contributed by atoms with Crippen LogP contribution in [0.1, 0.15) is 24.5 Å². The van der Waals surface area contributed by atoms with Crippen molar-refractivity contribution >= 4 is 11.6 Å². The van der Waals surface area contributed by atoms with Crippen molar-refractivity contribution in [3.05, 3.63) is 52.8 Å². The van der Waals surface area contributed by atoms with E-state index in [1.54, 1.807) is 12.3 Å². The van der Waals surface area contributed by atoms with E-state index in [0.717, 1.165) is 29.7 Å². The van der Waals surface area contributed by atoms with Gasteiger partial charge < -0.3 is 10.5 Å². The molecule has 0 spiro atoms. The first-order valence-electron chi connectivity index (χ1n) is 6.72. The van der Waals surface area contributed by atoms with Gasteiger partial charge in [0.1, 0.15) is 11.5 Å². The Morgan fingerprint density at radius 1 is 1.30 bits per heavy atom.